The maximum absolute atomic E-state index is 12.6. The molecule has 2 rings (SSSR count). The lowest BCUT2D eigenvalue weighted by atomic mass is 10.3. The largest absolute Gasteiger partial charge is 0.376 e. The zero-order valence-electron chi connectivity index (χ0n) is 11.3. The first-order valence-corrected chi connectivity index (χ1v) is 8.76. The minimum absolute atomic E-state index is 0.0422. The Kier molecular flexibility index (Phi) is 4.97. The molecule has 1 aliphatic rings. The quantitative estimate of drug-likeness (QED) is 0.890. The number of morpholine rings is 1. The fraction of sp³-hybridized carbons (Fsp3) is 0.667. The molecule has 1 aromatic rings. The minimum Gasteiger partial charge on any atom is -0.376 e. The number of nitrogens with zero attached hydrogens (tertiary/aromatic N) is 1. The third-order valence-electron chi connectivity index (χ3n) is 3.06. The first-order chi connectivity index (χ1) is 9.05. The molecule has 1 atom stereocenters. The van der Waals surface area contributed by atoms with E-state index in [1.165, 1.54) is 15.6 Å². The van der Waals surface area contributed by atoms with E-state index in [4.69, 9.17) is 4.74 Å². The summed E-state index contributed by atoms with van der Waals surface area (Å²) in [5.41, 5.74) is 0. The van der Waals surface area contributed by atoms with Gasteiger partial charge in [0.05, 0.1) is 17.6 Å². The van der Waals surface area contributed by atoms with Crippen LogP contribution in [0.5, 0.6) is 0 Å². The Bertz CT molecular complexity index is 513. The number of nitrogens with one attached hydrogen (secondary N) is 1. The predicted octanol–water partition coefficient (Wildman–Crippen LogP) is 1.27. The second-order valence-corrected chi connectivity index (χ2v) is 7.44. The third kappa shape index (κ3) is 3.35. The molecule has 1 aliphatic heterocycles. The van der Waals surface area contributed by atoms with Crippen molar-refractivity contribution >= 4 is 21.4 Å². The van der Waals surface area contributed by atoms with Crippen LogP contribution in [0.2, 0.25) is 0 Å². The number of hydrogen-bond donors (Lipinski definition) is 1. The van der Waals surface area contributed by atoms with Crippen LogP contribution < -0.4 is 5.32 Å². The fourth-order valence-corrected chi connectivity index (χ4v) is 4.95. The number of thiophene rings is 1. The summed E-state index contributed by atoms with van der Waals surface area (Å²) in [6.07, 6.45) is -0.0422. The van der Waals surface area contributed by atoms with Crippen LogP contribution >= 0.6 is 11.3 Å². The highest BCUT2D eigenvalue weighted by Crippen LogP contribution is 2.26. The Morgan fingerprint density at radius 3 is 3.05 bits per heavy atom. The SMILES string of the molecule is CCNCc1sccc1S(=O)(=O)N1CCOC(C)C1. The second-order valence-electron chi connectivity index (χ2n) is 4.53. The van der Waals surface area contributed by atoms with Crippen molar-refractivity contribution in [3.8, 4) is 0 Å². The minimum atomic E-state index is -3.39. The normalized spacial score (nSPS) is 21.7. The van der Waals surface area contributed by atoms with Gasteiger partial charge in [0, 0.05) is 24.5 Å². The molecule has 7 heteroatoms. The van der Waals surface area contributed by atoms with Gasteiger partial charge in [-0.1, -0.05) is 6.92 Å². The van der Waals surface area contributed by atoms with Crippen molar-refractivity contribution in [2.45, 2.75) is 31.4 Å². The summed E-state index contributed by atoms with van der Waals surface area (Å²) in [5.74, 6) is 0. The second kappa shape index (κ2) is 6.32. The standard InChI is InChI=1S/C12H20N2O3S2/c1-3-13-8-11-12(4-7-18-11)19(15,16)14-5-6-17-10(2)9-14/h4,7,10,13H,3,5-6,8-9H2,1-2H3. The Balaban J connectivity index is 2.21. The van der Waals surface area contributed by atoms with Gasteiger partial charge in [0.15, 0.2) is 0 Å². The predicted molar refractivity (Wildman–Crippen MR) is 75.9 cm³/mol. The van der Waals surface area contributed by atoms with Gasteiger partial charge in [-0.05, 0) is 24.9 Å². The Morgan fingerprint density at radius 1 is 1.58 bits per heavy atom. The van der Waals surface area contributed by atoms with Crippen LogP contribution in [0.1, 0.15) is 18.7 Å². The van der Waals surface area contributed by atoms with Crippen molar-refractivity contribution in [1.82, 2.24) is 9.62 Å². The van der Waals surface area contributed by atoms with E-state index in [0.717, 1.165) is 11.4 Å². The molecular weight excluding hydrogens is 284 g/mol. The van der Waals surface area contributed by atoms with Crippen molar-refractivity contribution < 1.29 is 13.2 Å². The van der Waals surface area contributed by atoms with Crippen molar-refractivity contribution in [3.05, 3.63) is 16.3 Å². The molecule has 0 amide bonds. The molecule has 1 fully saturated rings. The van der Waals surface area contributed by atoms with Crippen molar-refractivity contribution in [3.63, 3.8) is 0 Å². The van der Waals surface area contributed by atoms with Gasteiger partial charge >= 0.3 is 0 Å². The molecule has 5 nitrogen and oxygen atoms in total. The first kappa shape index (κ1) is 14.9. The van der Waals surface area contributed by atoms with Crippen LogP contribution in [0.15, 0.2) is 16.3 Å². The lowest BCUT2D eigenvalue weighted by molar-refractivity contribution is 0.0102. The van der Waals surface area contributed by atoms with E-state index < -0.39 is 10.0 Å². The average Bonchev–Trinajstić information content (AvgIpc) is 2.85. The summed E-state index contributed by atoms with van der Waals surface area (Å²) < 4.78 is 32.2. The molecule has 0 aromatic carbocycles. The summed E-state index contributed by atoms with van der Waals surface area (Å²) in [6.45, 7) is 6.66. The van der Waals surface area contributed by atoms with Crippen LogP contribution in [-0.2, 0) is 21.3 Å². The van der Waals surface area contributed by atoms with Gasteiger partial charge < -0.3 is 10.1 Å². The molecule has 1 N–H and O–H groups in total. The van der Waals surface area contributed by atoms with E-state index in [2.05, 4.69) is 5.32 Å². The molecule has 1 aromatic heterocycles. The lowest BCUT2D eigenvalue weighted by Gasteiger charge is -2.30. The molecule has 108 valence electrons. The third-order valence-corrected chi connectivity index (χ3v) is 6.06. The van der Waals surface area contributed by atoms with E-state index >= 15 is 0 Å². The van der Waals surface area contributed by atoms with Gasteiger partial charge in [0.25, 0.3) is 0 Å². The average molecular weight is 304 g/mol. The van der Waals surface area contributed by atoms with Crippen LogP contribution in [0, 0.1) is 0 Å². The summed E-state index contributed by atoms with van der Waals surface area (Å²) in [4.78, 5) is 1.31. The first-order valence-electron chi connectivity index (χ1n) is 6.44. The molecule has 0 saturated carbocycles. The van der Waals surface area contributed by atoms with E-state index in [9.17, 15) is 8.42 Å². The Hall–Kier alpha value is -0.470. The zero-order chi connectivity index (χ0) is 13.9. The topological polar surface area (TPSA) is 58.6 Å². The van der Waals surface area contributed by atoms with Gasteiger partial charge in [-0.2, -0.15) is 4.31 Å². The molecule has 0 radical (unpaired) electrons. The summed E-state index contributed by atoms with van der Waals surface area (Å²) in [5, 5.41) is 5.01. The van der Waals surface area contributed by atoms with Crippen LogP contribution in [-0.4, -0.2) is 45.1 Å². The summed E-state index contributed by atoms with van der Waals surface area (Å²) in [6, 6.07) is 1.70. The monoisotopic (exact) mass is 304 g/mol. The van der Waals surface area contributed by atoms with Crippen molar-refractivity contribution in [1.29, 1.82) is 0 Å². The van der Waals surface area contributed by atoms with Crippen LogP contribution in [0.3, 0.4) is 0 Å². The van der Waals surface area contributed by atoms with E-state index in [1.807, 2.05) is 19.2 Å². The van der Waals surface area contributed by atoms with E-state index in [0.29, 0.717) is 31.1 Å². The van der Waals surface area contributed by atoms with Gasteiger partial charge in [-0.3, -0.25) is 0 Å². The van der Waals surface area contributed by atoms with Gasteiger partial charge in [-0.25, -0.2) is 8.42 Å². The number of ether oxygens (including phenoxy) is 1. The fourth-order valence-electron chi connectivity index (χ4n) is 2.07. The smallest absolute Gasteiger partial charge is 0.244 e. The van der Waals surface area contributed by atoms with Crippen LogP contribution in [0.25, 0.3) is 0 Å². The summed E-state index contributed by atoms with van der Waals surface area (Å²) >= 11 is 1.48. The Labute approximate surface area is 118 Å². The Morgan fingerprint density at radius 2 is 2.37 bits per heavy atom. The number of sulfonamides is 1. The van der Waals surface area contributed by atoms with Crippen LogP contribution in [0.4, 0.5) is 0 Å². The van der Waals surface area contributed by atoms with Gasteiger partial charge in [0.1, 0.15) is 0 Å². The molecule has 0 bridgehead atoms. The van der Waals surface area contributed by atoms with Gasteiger partial charge in [0.2, 0.25) is 10.0 Å². The maximum atomic E-state index is 12.6. The summed E-state index contributed by atoms with van der Waals surface area (Å²) in [7, 11) is -3.39. The van der Waals surface area contributed by atoms with E-state index in [1.54, 1.807) is 6.07 Å². The molecule has 2 heterocycles. The highest BCUT2D eigenvalue weighted by Gasteiger charge is 2.31. The van der Waals surface area contributed by atoms with Crippen molar-refractivity contribution in [2.75, 3.05) is 26.2 Å². The number of hydrogen-bond acceptors (Lipinski definition) is 5. The highest BCUT2D eigenvalue weighted by atomic mass is 32.2. The molecule has 1 unspecified atom stereocenters. The van der Waals surface area contributed by atoms with Crippen molar-refractivity contribution in [2.24, 2.45) is 0 Å². The molecule has 0 aliphatic carbocycles. The van der Waals surface area contributed by atoms with Gasteiger partial charge in [-0.15, -0.1) is 11.3 Å². The molecular formula is C12H20N2O3S2. The lowest BCUT2D eigenvalue weighted by Crippen LogP contribution is -2.44. The zero-order valence-corrected chi connectivity index (χ0v) is 12.9. The maximum Gasteiger partial charge on any atom is 0.244 e. The molecule has 0 spiro atoms. The highest BCUT2D eigenvalue weighted by molar-refractivity contribution is 7.89. The number of rotatable bonds is 5. The van der Waals surface area contributed by atoms with E-state index in [-0.39, 0.29) is 6.10 Å². The molecule has 19 heavy (non-hydrogen) atoms. The molecule has 1 saturated heterocycles.